The smallest absolute Gasteiger partial charge is 0.410 e. The molecule has 1 aromatic rings. The van der Waals surface area contributed by atoms with Crippen molar-refractivity contribution < 1.29 is 23.5 Å². The van der Waals surface area contributed by atoms with Gasteiger partial charge in [-0.25, -0.2) is 9.18 Å². The highest BCUT2D eigenvalue weighted by molar-refractivity contribution is 5.75. The Morgan fingerprint density at radius 3 is 2.64 bits per heavy atom. The SMILES string of the molecule is CCOC(=O)[C@H]1CCN(C(=O)OC(C)(C)C)C[C@@H]1c1cccc(F)c1. The molecule has 1 saturated heterocycles. The minimum absolute atomic E-state index is 0.293. The lowest BCUT2D eigenvalue weighted by Gasteiger charge is -2.38. The van der Waals surface area contributed by atoms with Crippen LogP contribution in [0.15, 0.2) is 24.3 Å². The number of esters is 1. The minimum atomic E-state index is -0.594. The summed E-state index contributed by atoms with van der Waals surface area (Å²) in [5.74, 6) is -1.40. The lowest BCUT2D eigenvalue weighted by molar-refractivity contribution is -0.150. The van der Waals surface area contributed by atoms with Gasteiger partial charge in [-0.15, -0.1) is 0 Å². The molecule has 1 fully saturated rings. The molecule has 1 aliphatic rings. The molecular weight excluding hydrogens is 325 g/mol. The van der Waals surface area contributed by atoms with Gasteiger partial charge in [0, 0.05) is 19.0 Å². The van der Waals surface area contributed by atoms with Gasteiger partial charge in [0.2, 0.25) is 0 Å². The van der Waals surface area contributed by atoms with Crippen LogP contribution in [0.3, 0.4) is 0 Å². The van der Waals surface area contributed by atoms with Crippen molar-refractivity contribution >= 4 is 12.1 Å². The molecule has 2 atom stereocenters. The number of ether oxygens (including phenoxy) is 2. The number of hydrogen-bond acceptors (Lipinski definition) is 4. The van der Waals surface area contributed by atoms with E-state index in [-0.39, 0.29) is 17.7 Å². The lowest BCUT2D eigenvalue weighted by atomic mass is 9.80. The van der Waals surface area contributed by atoms with Gasteiger partial charge in [0.1, 0.15) is 11.4 Å². The Balaban J connectivity index is 2.23. The number of piperidine rings is 1. The standard InChI is InChI=1S/C19H26FNO4/c1-5-24-17(22)15-9-10-21(18(23)25-19(2,3)4)12-16(15)13-7-6-8-14(20)11-13/h6-8,11,15-16H,5,9-10,12H2,1-4H3/t15-,16+/m0/s1. The normalized spacial score (nSPS) is 20.9. The third-order valence-electron chi connectivity index (χ3n) is 4.13. The second-order valence-electron chi connectivity index (χ2n) is 7.24. The maximum Gasteiger partial charge on any atom is 0.410 e. The van der Waals surface area contributed by atoms with E-state index >= 15 is 0 Å². The summed E-state index contributed by atoms with van der Waals surface area (Å²) < 4.78 is 24.3. The number of likely N-dealkylation sites (tertiary alicyclic amines) is 1. The first-order valence-electron chi connectivity index (χ1n) is 8.61. The van der Waals surface area contributed by atoms with Gasteiger partial charge in [-0.1, -0.05) is 12.1 Å². The Hall–Kier alpha value is -2.11. The van der Waals surface area contributed by atoms with Crippen molar-refractivity contribution in [3.63, 3.8) is 0 Å². The average molecular weight is 351 g/mol. The van der Waals surface area contributed by atoms with Crippen molar-refractivity contribution in [2.75, 3.05) is 19.7 Å². The zero-order valence-electron chi connectivity index (χ0n) is 15.3. The van der Waals surface area contributed by atoms with Crippen molar-refractivity contribution in [2.45, 2.75) is 45.6 Å². The molecule has 25 heavy (non-hydrogen) atoms. The number of nitrogens with zero attached hydrogens (tertiary/aromatic N) is 1. The van der Waals surface area contributed by atoms with Crippen LogP contribution in [-0.2, 0) is 14.3 Å². The van der Waals surface area contributed by atoms with Crippen LogP contribution in [0.25, 0.3) is 0 Å². The van der Waals surface area contributed by atoms with Crippen LogP contribution < -0.4 is 0 Å². The lowest BCUT2D eigenvalue weighted by Crippen LogP contribution is -2.47. The molecule has 6 heteroatoms. The average Bonchev–Trinajstić information content (AvgIpc) is 2.53. The first-order chi connectivity index (χ1) is 11.7. The van der Waals surface area contributed by atoms with E-state index in [1.807, 2.05) is 0 Å². The first-order valence-corrected chi connectivity index (χ1v) is 8.61. The summed E-state index contributed by atoms with van der Waals surface area (Å²) in [4.78, 5) is 26.3. The van der Waals surface area contributed by atoms with Gasteiger partial charge < -0.3 is 14.4 Å². The van der Waals surface area contributed by atoms with Crippen molar-refractivity contribution in [1.82, 2.24) is 4.90 Å². The topological polar surface area (TPSA) is 55.8 Å². The fourth-order valence-corrected chi connectivity index (χ4v) is 3.05. The van der Waals surface area contributed by atoms with Crippen molar-refractivity contribution in [3.8, 4) is 0 Å². The second-order valence-corrected chi connectivity index (χ2v) is 7.24. The number of carbonyl (C=O) groups excluding carboxylic acids is 2. The van der Waals surface area contributed by atoms with Crippen LogP contribution in [0.5, 0.6) is 0 Å². The number of hydrogen-bond donors (Lipinski definition) is 0. The van der Waals surface area contributed by atoms with E-state index in [1.54, 1.807) is 44.7 Å². The fraction of sp³-hybridized carbons (Fsp3) is 0.579. The van der Waals surface area contributed by atoms with Gasteiger partial charge in [0.25, 0.3) is 0 Å². The van der Waals surface area contributed by atoms with E-state index in [0.717, 1.165) is 0 Å². The van der Waals surface area contributed by atoms with Gasteiger partial charge in [-0.3, -0.25) is 4.79 Å². The van der Waals surface area contributed by atoms with Crippen LogP contribution in [0.2, 0.25) is 0 Å². The summed E-state index contributed by atoms with van der Waals surface area (Å²) in [6.07, 6.45) is 0.0374. The van der Waals surface area contributed by atoms with Crippen molar-refractivity contribution in [2.24, 2.45) is 5.92 Å². The molecule has 0 spiro atoms. The molecule has 0 bridgehead atoms. The third kappa shape index (κ3) is 5.18. The molecule has 5 nitrogen and oxygen atoms in total. The van der Waals surface area contributed by atoms with E-state index < -0.39 is 17.6 Å². The highest BCUT2D eigenvalue weighted by atomic mass is 19.1. The van der Waals surface area contributed by atoms with E-state index in [1.165, 1.54) is 12.1 Å². The molecule has 1 aromatic carbocycles. The highest BCUT2D eigenvalue weighted by Gasteiger charge is 2.38. The quantitative estimate of drug-likeness (QED) is 0.779. The van der Waals surface area contributed by atoms with Crippen LogP contribution in [-0.4, -0.2) is 42.3 Å². The highest BCUT2D eigenvalue weighted by Crippen LogP contribution is 2.34. The first kappa shape index (κ1) is 19.2. The van der Waals surface area contributed by atoms with Crippen molar-refractivity contribution in [3.05, 3.63) is 35.6 Å². The molecule has 0 aliphatic carbocycles. The second kappa shape index (κ2) is 7.85. The molecule has 0 N–H and O–H groups in total. The van der Waals surface area contributed by atoms with Gasteiger partial charge >= 0.3 is 12.1 Å². The van der Waals surface area contributed by atoms with Crippen LogP contribution in [0.4, 0.5) is 9.18 Å². The molecular formula is C19H26FNO4. The predicted molar refractivity (Wildman–Crippen MR) is 91.7 cm³/mol. The van der Waals surface area contributed by atoms with Gasteiger partial charge in [0.15, 0.2) is 0 Å². The monoisotopic (exact) mass is 351 g/mol. The number of carbonyl (C=O) groups is 2. The summed E-state index contributed by atoms with van der Waals surface area (Å²) >= 11 is 0. The van der Waals surface area contributed by atoms with Gasteiger partial charge in [-0.2, -0.15) is 0 Å². The summed E-state index contributed by atoms with van der Waals surface area (Å²) in [5.41, 5.74) is 0.0926. The van der Waals surface area contributed by atoms with E-state index in [2.05, 4.69) is 0 Å². The van der Waals surface area contributed by atoms with Gasteiger partial charge in [-0.05, 0) is 51.8 Å². The Morgan fingerprint density at radius 2 is 2.04 bits per heavy atom. The van der Waals surface area contributed by atoms with Crippen LogP contribution >= 0.6 is 0 Å². The predicted octanol–water partition coefficient (Wildman–Crippen LogP) is 3.73. The minimum Gasteiger partial charge on any atom is -0.466 e. The summed E-state index contributed by atoms with van der Waals surface area (Å²) in [5, 5.41) is 0. The van der Waals surface area contributed by atoms with E-state index in [4.69, 9.17) is 9.47 Å². The van der Waals surface area contributed by atoms with Gasteiger partial charge in [0.05, 0.1) is 12.5 Å². The summed E-state index contributed by atoms with van der Waals surface area (Å²) in [6.45, 7) is 8.17. The Morgan fingerprint density at radius 1 is 1.32 bits per heavy atom. The summed E-state index contributed by atoms with van der Waals surface area (Å²) in [7, 11) is 0. The van der Waals surface area contributed by atoms with E-state index in [9.17, 15) is 14.0 Å². The van der Waals surface area contributed by atoms with Crippen LogP contribution in [0, 0.1) is 11.7 Å². The zero-order valence-corrected chi connectivity index (χ0v) is 15.3. The molecule has 138 valence electrons. The molecule has 0 unspecified atom stereocenters. The molecule has 0 saturated carbocycles. The van der Waals surface area contributed by atoms with Crippen LogP contribution in [0.1, 0.15) is 45.6 Å². The maximum atomic E-state index is 13.7. The Bertz CT molecular complexity index is 626. The largest absolute Gasteiger partial charge is 0.466 e. The third-order valence-corrected chi connectivity index (χ3v) is 4.13. The Labute approximate surface area is 148 Å². The number of rotatable bonds is 3. The fourth-order valence-electron chi connectivity index (χ4n) is 3.05. The molecule has 1 aliphatic heterocycles. The molecule has 1 amide bonds. The zero-order chi connectivity index (χ0) is 18.6. The molecule has 0 aromatic heterocycles. The van der Waals surface area contributed by atoms with Crippen molar-refractivity contribution in [1.29, 1.82) is 0 Å². The molecule has 1 heterocycles. The Kier molecular flexibility index (Phi) is 6.03. The van der Waals surface area contributed by atoms with E-state index in [0.29, 0.717) is 31.7 Å². The number of halogens is 1. The molecule has 0 radical (unpaired) electrons. The number of benzene rings is 1. The maximum absolute atomic E-state index is 13.7. The molecule has 2 rings (SSSR count). The summed E-state index contributed by atoms with van der Waals surface area (Å²) in [6, 6.07) is 6.16. The number of amides is 1.